The minimum Gasteiger partial charge on any atom is -0.391 e. The van der Waals surface area contributed by atoms with Gasteiger partial charge in [0.1, 0.15) is 6.04 Å². The van der Waals surface area contributed by atoms with Gasteiger partial charge in [0, 0.05) is 6.54 Å². The van der Waals surface area contributed by atoms with E-state index in [-0.39, 0.29) is 5.91 Å². The Balaban J connectivity index is 1.75. The minimum atomic E-state index is -0.552. The predicted octanol–water partition coefficient (Wildman–Crippen LogP) is 0.377. The lowest BCUT2D eigenvalue weighted by molar-refractivity contribution is -0.124. The van der Waals surface area contributed by atoms with E-state index in [1.54, 1.807) is 0 Å². The van der Waals surface area contributed by atoms with Gasteiger partial charge >= 0.3 is 0 Å². The molecule has 1 aromatic carbocycles. The number of aliphatic hydroxyl groups is 1. The van der Waals surface area contributed by atoms with Crippen LogP contribution < -0.4 is 10.6 Å². The third-order valence-corrected chi connectivity index (χ3v) is 3.31. The molecule has 1 amide bonds. The highest BCUT2D eigenvalue weighted by atomic mass is 16.3. The topological polar surface area (TPSA) is 61.4 Å². The first-order valence-electron chi connectivity index (χ1n) is 6.41. The molecule has 0 saturated carbocycles. The van der Waals surface area contributed by atoms with E-state index in [1.807, 2.05) is 0 Å². The van der Waals surface area contributed by atoms with Crippen molar-refractivity contribution in [3.8, 4) is 0 Å². The van der Waals surface area contributed by atoms with Gasteiger partial charge in [-0.05, 0) is 31.9 Å². The number of carbonyl (C=O) groups excluding carboxylic acids is 1. The summed E-state index contributed by atoms with van der Waals surface area (Å²) in [7, 11) is 0. The number of aryl methyl sites for hydroxylation is 1. The Bertz CT molecular complexity index is 403. The molecule has 0 radical (unpaired) electrons. The summed E-state index contributed by atoms with van der Waals surface area (Å²) in [6.45, 7) is 3.36. The molecule has 2 atom stereocenters. The van der Waals surface area contributed by atoms with E-state index in [1.165, 1.54) is 11.1 Å². The molecule has 0 spiro atoms. The van der Waals surface area contributed by atoms with Gasteiger partial charge in [-0.3, -0.25) is 4.79 Å². The quantitative estimate of drug-likeness (QED) is 0.722. The van der Waals surface area contributed by atoms with E-state index in [0.29, 0.717) is 19.5 Å². The van der Waals surface area contributed by atoms with Crippen molar-refractivity contribution in [2.24, 2.45) is 0 Å². The molecule has 1 unspecified atom stereocenters. The van der Waals surface area contributed by atoms with Gasteiger partial charge in [-0.15, -0.1) is 0 Å². The van der Waals surface area contributed by atoms with Crippen molar-refractivity contribution in [1.29, 1.82) is 0 Å². The van der Waals surface area contributed by atoms with Crippen LogP contribution in [0.3, 0.4) is 0 Å². The number of nitrogens with one attached hydrogen (secondary N) is 2. The summed E-state index contributed by atoms with van der Waals surface area (Å²) in [4.78, 5) is 11.8. The van der Waals surface area contributed by atoms with Crippen molar-refractivity contribution in [3.63, 3.8) is 0 Å². The largest absolute Gasteiger partial charge is 0.391 e. The summed E-state index contributed by atoms with van der Waals surface area (Å²) >= 11 is 0. The number of aliphatic hydroxyl groups excluding tert-OH is 1. The second-order valence-corrected chi connectivity index (χ2v) is 4.81. The summed E-state index contributed by atoms with van der Waals surface area (Å²) in [5.74, 6) is -0.105. The van der Waals surface area contributed by atoms with Crippen LogP contribution in [0.1, 0.15) is 17.5 Å². The van der Waals surface area contributed by atoms with Gasteiger partial charge in [0.25, 0.3) is 0 Å². The fraction of sp³-hybridized carbons (Fsp3) is 0.500. The first kappa shape index (κ1) is 13.1. The Morgan fingerprint density at radius 1 is 1.44 bits per heavy atom. The van der Waals surface area contributed by atoms with Gasteiger partial charge in [-0.1, -0.05) is 29.8 Å². The van der Waals surface area contributed by atoms with Gasteiger partial charge in [0.2, 0.25) is 5.91 Å². The van der Waals surface area contributed by atoms with Crippen LogP contribution in [0.25, 0.3) is 0 Å². The number of carbonyl (C=O) groups is 1. The van der Waals surface area contributed by atoms with Crippen LogP contribution in [0, 0.1) is 6.92 Å². The zero-order valence-corrected chi connectivity index (χ0v) is 10.6. The summed E-state index contributed by atoms with van der Waals surface area (Å²) < 4.78 is 0. The Labute approximate surface area is 107 Å². The van der Waals surface area contributed by atoms with Gasteiger partial charge in [-0.25, -0.2) is 0 Å². The van der Waals surface area contributed by atoms with Gasteiger partial charge in [0.05, 0.1) is 6.10 Å². The Morgan fingerprint density at radius 2 is 2.17 bits per heavy atom. The fourth-order valence-electron chi connectivity index (χ4n) is 2.15. The molecule has 98 valence electrons. The molecule has 4 nitrogen and oxygen atoms in total. The zero-order valence-electron chi connectivity index (χ0n) is 10.6. The van der Waals surface area contributed by atoms with E-state index in [2.05, 4.69) is 41.8 Å². The monoisotopic (exact) mass is 248 g/mol. The van der Waals surface area contributed by atoms with Crippen molar-refractivity contribution in [2.45, 2.75) is 31.9 Å². The third-order valence-electron chi connectivity index (χ3n) is 3.31. The standard InChI is InChI=1S/C14H20N2O2/c1-10-2-4-11(5-3-10)6-8-16-14(18)13-12(17)7-9-15-13/h2-5,12-13,15,17H,6-9H2,1H3,(H,16,18)/t12-,13?/m0/s1. The van der Waals surface area contributed by atoms with Crippen LogP contribution in [-0.4, -0.2) is 36.2 Å². The van der Waals surface area contributed by atoms with Crippen molar-refractivity contribution in [2.75, 3.05) is 13.1 Å². The molecule has 4 heteroatoms. The van der Waals surface area contributed by atoms with Crippen LogP contribution in [0.4, 0.5) is 0 Å². The second kappa shape index (κ2) is 5.98. The van der Waals surface area contributed by atoms with Crippen molar-refractivity contribution in [1.82, 2.24) is 10.6 Å². The number of benzene rings is 1. The highest BCUT2D eigenvalue weighted by Gasteiger charge is 2.30. The lowest BCUT2D eigenvalue weighted by atomic mass is 10.1. The Hall–Kier alpha value is -1.39. The van der Waals surface area contributed by atoms with Crippen LogP contribution in [0.2, 0.25) is 0 Å². The molecule has 0 aromatic heterocycles. The summed E-state index contributed by atoms with van der Waals surface area (Å²) in [6.07, 6.45) is 0.912. The normalized spacial score (nSPS) is 23.0. The molecule has 0 bridgehead atoms. The molecular weight excluding hydrogens is 228 g/mol. The van der Waals surface area contributed by atoms with Gasteiger partial charge < -0.3 is 15.7 Å². The number of rotatable bonds is 4. The maximum absolute atomic E-state index is 11.8. The molecule has 1 aliphatic heterocycles. The summed E-state index contributed by atoms with van der Waals surface area (Å²) in [5, 5.41) is 15.4. The highest BCUT2D eigenvalue weighted by Crippen LogP contribution is 2.07. The van der Waals surface area contributed by atoms with Crippen LogP contribution in [-0.2, 0) is 11.2 Å². The number of hydrogen-bond donors (Lipinski definition) is 3. The molecule has 1 aromatic rings. The Morgan fingerprint density at radius 3 is 2.78 bits per heavy atom. The molecule has 1 fully saturated rings. The summed E-state index contributed by atoms with van der Waals surface area (Å²) in [5.41, 5.74) is 2.45. The maximum Gasteiger partial charge on any atom is 0.239 e. The summed E-state index contributed by atoms with van der Waals surface area (Å²) in [6, 6.07) is 7.84. The second-order valence-electron chi connectivity index (χ2n) is 4.81. The lowest BCUT2D eigenvalue weighted by Crippen LogP contribution is -2.46. The Kier molecular flexibility index (Phi) is 4.33. The van der Waals surface area contributed by atoms with Crippen molar-refractivity contribution >= 4 is 5.91 Å². The van der Waals surface area contributed by atoms with Crippen LogP contribution in [0.15, 0.2) is 24.3 Å². The maximum atomic E-state index is 11.8. The van der Waals surface area contributed by atoms with E-state index in [9.17, 15) is 9.90 Å². The molecule has 3 N–H and O–H groups in total. The molecule has 1 aliphatic rings. The van der Waals surface area contributed by atoms with E-state index in [0.717, 1.165) is 6.42 Å². The zero-order chi connectivity index (χ0) is 13.0. The number of hydrogen-bond acceptors (Lipinski definition) is 3. The van der Waals surface area contributed by atoms with Crippen molar-refractivity contribution < 1.29 is 9.90 Å². The molecular formula is C14H20N2O2. The molecule has 18 heavy (non-hydrogen) atoms. The van der Waals surface area contributed by atoms with Gasteiger partial charge in [-0.2, -0.15) is 0 Å². The van der Waals surface area contributed by atoms with Gasteiger partial charge in [0.15, 0.2) is 0 Å². The highest BCUT2D eigenvalue weighted by molar-refractivity contribution is 5.82. The number of amides is 1. The average molecular weight is 248 g/mol. The molecule has 1 heterocycles. The SMILES string of the molecule is Cc1ccc(CCNC(=O)C2NCC[C@@H]2O)cc1. The fourth-order valence-corrected chi connectivity index (χ4v) is 2.15. The van der Waals surface area contributed by atoms with E-state index >= 15 is 0 Å². The van der Waals surface area contributed by atoms with E-state index < -0.39 is 12.1 Å². The molecule has 1 saturated heterocycles. The smallest absolute Gasteiger partial charge is 0.239 e. The van der Waals surface area contributed by atoms with Crippen LogP contribution in [0.5, 0.6) is 0 Å². The van der Waals surface area contributed by atoms with Crippen molar-refractivity contribution in [3.05, 3.63) is 35.4 Å². The third kappa shape index (κ3) is 3.31. The first-order valence-corrected chi connectivity index (χ1v) is 6.41. The van der Waals surface area contributed by atoms with E-state index in [4.69, 9.17) is 0 Å². The molecule has 0 aliphatic carbocycles. The van der Waals surface area contributed by atoms with Crippen LogP contribution >= 0.6 is 0 Å². The first-order chi connectivity index (χ1) is 8.66. The predicted molar refractivity (Wildman–Crippen MR) is 70.3 cm³/mol. The lowest BCUT2D eigenvalue weighted by Gasteiger charge is -2.14. The molecule has 2 rings (SSSR count). The minimum absolute atomic E-state index is 0.105. The average Bonchev–Trinajstić information content (AvgIpc) is 2.78.